The van der Waals surface area contributed by atoms with Crippen molar-refractivity contribution in [1.29, 1.82) is 0 Å². The van der Waals surface area contributed by atoms with Gasteiger partial charge in [0.05, 0.1) is 30.4 Å². The fourth-order valence-electron chi connectivity index (χ4n) is 7.52. The summed E-state index contributed by atoms with van der Waals surface area (Å²) in [5.74, 6) is 1.13. The number of primary amides is 1. The predicted molar refractivity (Wildman–Crippen MR) is 173 cm³/mol. The number of piperidine rings is 1. The maximum Gasteiger partial charge on any atom is 0.254 e. The zero-order valence-corrected chi connectivity index (χ0v) is 25.9. The second-order valence-corrected chi connectivity index (χ2v) is 13.1. The molecule has 1 saturated heterocycles. The van der Waals surface area contributed by atoms with Crippen LogP contribution in [-0.2, 0) is 24.8 Å². The van der Waals surface area contributed by atoms with Crippen molar-refractivity contribution in [2.45, 2.75) is 50.7 Å². The fourth-order valence-corrected chi connectivity index (χ4v) is 7.52. The van der Waals surface area contributed by atoms with Crippen LogP contribution < -0.4 is 16.2 Å². The van der Waals surface area contributed by atoms with Gasteiger partial charge in [-0.25, -0.2) is 14.4 Å². The summed E-state index contributed by atoms with van der Waals surface area (Å²) in [6, 6.07) is 14.5. The Kier molecular flexibility index (Phi) is 6.64. The van der Waals surface area contributed by atoms with E-state index in [9.17, 15) is 14.0 Å². The number of likely N-dealkylation sites (tertiary alicyclic amines) is 1. The third-order valence-electron chi connectivity index (χ3n) is 10.1. The monoisotopic (exact) mass is 621 g/mol. The topological polar surface area (TPSA) is 134 Å². The molecule has 10 nitrogen and oxygen atoms in total. The molecule has 236 valence electrons. The quantitative estimate of drug-likeness (QED) is 0.264. The second-order valence-electron chi connectivity index (χ2n) is 13.1. The molecule has 0 spiro atoms. The lowest BCUT2D eigenvalue weighted by molar-refractivity contribution is -0.117. The molecule has 4 heterocycles. The lowest BCUT2D eigenvalue weighted by atomic mass is 10.1. The standard InChI is InChI=1S/C35H36FN7O3/c1-41-32-26(12-23(14-29(32)46-2)35(45)43-17-22-8-10-27(43)31(22)38)40-34(41)28-13-21-7-9-25(39-33(21)42(28)16-18-3-4-18)20-6-5-19(15-30(37)44)24(36)11-20/h5-7,9,11-14,18,22,27,31H,3-4,8,10,15-17,38H2,1-2H3,(H2,37,44). The van der Waals surface area contributed by atoms with Crippen molar-refractivity contribution in [3.05, 3.63) is 65.5 Å². The van der Waals surface area contributed by atoms with Crippen molar-refractivity contribution < 1.29 is 18.7 Å². The Morgan fingerprint density at radius 1 is 1.04 bits per heavy atom. The minimum Gasteiger partial charge on any atom is -0.494 e. The predicted octanol–water partition coefficient (Wildman–Crippen LogP) is 4.40. The molecule has 0 radical (unpaired) electrons. The zero-order valence-electron chi connectivity index (χ0n) is 25.9. The molecule has 11 heteroatoms. The molecule has 3 fully saturated rings. The van der Waals surface area contributed by atoms with Crippen LogP contribution in [0.3, 0.4) is 0 Å². The first kappa shape index (κ1) is 28.7. The first-order valence-electron chi connectivity index (χ1n) is 15.9. The van der Waals surface area contributed by atoms with Gasteiger partial charge in [0.2, 0.25) is 5.91 Å². The summed E-state index contributed by atoms with van der Waals surface area (Å²) in [5.41, 5.74) is 16.9. The fraction of sp³-hybridized carbons (Fsp3) is 0.371. The SMILES string of the molecule is COc1cc(C(=O)N2CC3CCC2C3N)cc2nc(-c3cc4ccc(-c5ccc(CC(N)=O)c(F)c5)nc4n3CC3CC3)n(C)c12. The lowest BCUT2D eigenvalue weighted by Gasteiger charge is -2.27. The van der Waals surface area contributed by atoms with Gasteiger partial charge in [0.25, 0.3) is 5.91 Å². The molecular weight excluding hydrogens is 585 g/mol. The number of amides is 2. The molecule has 2 saturated carbocycles. The van der Waals surface area contributed by atoms with E-state index in [1.807, 2.05) is 40.8 Å². The normalized spacial score (nSPS) is 20.7. The van der Waals surface area contributed by atoms with Gasteiger partial charge in [0, 0.05) is 48.7 Å². The average molecular weight is 622 g/mol. The molecule has 3 atom stereocenters. The number of aryl methyl sites for hydroxylation is 1. The number of imidazole rings is 1. The lowest BCUT2D eigenvalue weighted by Crippen LogP contribution is -2.41. The van der Waals surface area contributed by atoms with Crippen LogP contribution >= 0.6 is 0 Å². The first-order chi connectivity index (χ1) is 22.2. The highest BCUT2D eigenvalue weighted by Crippen LogP contribution is 2.40. The number of aromatic nitrogens is 4. The Labute approximate surface area is 265 Å². The number of nitrogens with two attached hydrogens (primary N) is 2. The van der Waals surface area contributed by atoms with Crippen LogP contribution in [0.5, 0.6) is 5.75 Å². The molecule has 2 bridgehead atoms. The summed E-state index contributed by atoms with van der Waals surface area (Å²) in [7, 11) is 3.57. The van der Waals surface area contributed by atoms with Crippen LogP contribution in [0.25, 0.3) is 44.8 Å². The molecular formula is C35H36FN7O3. The Morgan fingerprint density at radius 3 is 2.54 bits per heavy atom. The van der Waals surface area contributed by atoms with E-state index in [1.165, 1.54) is 6.07 Å². The third-order valence-corrected chi connectivity index (χ3v) is 10.1. The van der Waals surface area contributed by atoms with E-state index in [0.717, 1.165) is 60.3 Å². The number of fused-ring (bicyclic) bond motifs is 4. The van der Waals surface area contributed by atoms with E-state index in [1.54, 1.807) is 19.2 Å². The van der Waals surface area contributed by atoms with Gasteiger partial charge in [-0.2, -0.15) is 0 Å². The molecule has 3 aromatic heterocycles. The number of nitrogens with zero attached hydrogens (tertiary/aromatic N) is 5. The van der Waals surface area contributed by atoms with Crippen LogP contribution in [0.1, 0.15) is 41.6 Å². The maximum absolute atomic E-state index is 14.8. The maximum atomic E-state index is 14.8. The summed E-state index contributed by atoms with van der Waals surface area (Å²) in [5, 5.41) is 0.945. The van der Waals surface area contributed by atoms with Crippen molar-refractivity contribution in [3.8, 4) is 28.5 Å². The summed E-state index contributed by atoms with van der Waals surface area (Å²) < 4.78 is 24.9. The Balaban J connectivity index is 1.21. The number of halogens is 1. The smallest absolute Gasteiger partial charge is 0.254 e. The molecule has 4 N–H and O–H groups in total. The van der Waals surface area contributed by atoms with Gasteiger partial charge in [-0.1, -0.05) is 12.1 Å². The van der Waals surface area contributed by atoms with Gasteiger partial charge in [0.15, 0.2) is 5.82 Å². The number of carbonyl (C=O) groups excluding carboxylic acids is 2. The number of rotatable bonds is 8. The van der Waals surface area contributed by atoms with Crippen LogP contribution in [0.4, 0.5) is 4.39 Å². The van der Waals surface area contributed by atoms with Gasteiger partial charge in [-0.05, 0) is 79.5 Å². The van der Waals surface area contributed by atoms with E-state index in [0.29, 0.717) is 46.5 Å². The number of hydrogen-bond acceptors (Lipinski definition) is 6. The Bertz CT molecular complexity index is 2060. The molecule has 5 aromatic rings. The molecule has 3 unspecified atom stereocenters. The van der Waals surface area contributed by atoms with Crippen LogP contribution in [0, 0.1) is 17.7 Å². The molecule has 8 rings (SSSR count). The van der Waals surface area contributed by atoms with E-state index in [-0.39, 0.29) is 30.0 Å². The van der Waals surface area contributed by atoms with Crippen LogP contribution in [0.2, 0.25) is 0 Å². The van der Waals surface area contributed by atoms with Crippen LogP contribution in [-0.4, -0.2) is 61.6 Å². The number of methoxy groups -OCH3 is 1. The van der Waals surface area contributed by atoms with Crippen molar-refractivity contribution >= 4 is 33.9 Å². The average Bonchev–Trinajstić information content (AvgIpc) is 3.45. The molecule has 2 aliphatic carbocycles. The Hall–Kier alpha value is -4.77. The van der Waals surface area contributed by atoms with Gasteiger partial charge in [-0.3, -0.25) is 9.59 Å². The largest absolute Gasteiger partial charge is 0.494 e. The minimum atomic E-state index is -0.581. The summed E-state index contributed by atoms with van der Waals surface area (Å²) >= 11 is 0. The summed E-state index contributed by atoms with van der Waals surface area (Å²) in [4.78, 5) is 37.1. The molecule has 46 heavy (non-hydrogen) atoms. The van der Waals surface area contributed by atoms with Gasteiger partial charge in [-0.15, -0.1) is 0 Å². The zero-order chi connectivity index (χ0) is 31.9. The number of benzene rings is 2. The summed E-state index contributed by atoms with van der Waals surface area (Å²) in [6.07, 6.45) is 4.16. The van der Waals surface area contributed by atoms with Crippen molar-refractivity contribution in [2.75, 3.05) is 13.7 Å². The van der Waals surface area contributed by atoms with Gasteiger partial charge >= 0.3 is 0 Å². The third kappa shape index (κ3) is 4.63. The number of pyridine rings is 1. The van der Waals surface area contributed by atoms with Crippen molar-refractivity contribution in [1.82, 2.24) is 24.0 Å². The molecule has 2 amide bonds. The van der Waals surface area contributed by atoms with E-state index < -0.39 is 11.7 Å². The first-order valence-corrected chi connectivity index (χ1v) is 15.9. The van der Waals surface area contributed by atoms with E-state index in [4.69, 9.17) is 26.2 Å². The molecule has 2 aromatic carbocycles. The van der Waals surface area contributed by atoms with Crippen molar-refractivity contribution in [3.63, 3.8) is 0 Å². The highest BCUT2D eigenvalue weighted by atomic mass is 19.1. The van der Waals surface area contributed by atoms with E-state index >= 15 is 0 Å². The summed E-state index contributed by atoms with van der Waals surface area (Å²) in [6.45, 7) is 1.47. The number of hydrogen-bond donors (Lipinski definition) is 2. The van der Waals surface area contributed by atoms with E-state index in [2.05, 4.69) is 10.6 Å². The van der Waals surface area contributed by atoms with Gasteiger partial charge in [0.1, 0.15) is 22.7 Å². The molecule has 3 aliphatic rings. The highest BCUT2D eigenvalue weighted by molar-refractivity contribution is 6.00. The number of ether oxygens (including phenoxy) is 1. The number of carbonyl (C=O) groups is 2. The van der Waals surface area contributed by atoms with Gasteiger partial charge < -0.3 is 30.2 Å². The Morgan fingerprint density at radius 2 is 1.87 bits per heavy atom. The minimum absolute atomic E-state index is 0.0336. The second kappa shape index (κ2) is 10.7. The molecule has 1 aliphatic heterocycles. The highest BCUT2D eigenvalue weighted by Gasteiger charge is 2.47. The van der Waals surface area contributed by atoms with Crippen LogP contribution in [0.15, 0.2) is 48.5 Å². The van der Waals surface area contributed by atoms with Crippen molar-refractivity contribution in [2.24, 2.45) is 30.4 Å².